The van der Waals surface area contributed by atoms with Crippen LogP contribution < -0.4 is 9.47 Å². The first-order valence-electron chi connectivity index (χ1n) is 9.80. The van der Waals surface area contributed by atoms with Crippen molar-refractivity contribution in [2.24, 2.45) is 0 Å². The van der Waals surface area contributed by atoms with E-state index in [-0.39, 0.29) is 5.92 Å². The second-order valence-corrected chi connectivity index (χ2v) is 7.53. The Morgan fingerprint density at radius 2 is 1.61 bits per heavy atom. The molecule has 0 bridgehead atoms. The van der Waals surface area contributed by atoms with E-state index in [1.54, 1.807) is 7.11 Å². The zero-order chi connectivity index (χ0) is 18.7. The molecule has 1 heterocycles. The number of hydrogen-bond acceptors (Lipinski definition) is 2. The quantitative estimate of drug-likeness (QED) is 0.386. The van der Waals surface area contributed by atoms with Crippen LogP contribution in [0.1, 0.15) is 28.2 Å². The van der Waals surface area contributed by atoms with Crippen molar-refractivity contribution >= 4 is 10.8 Å². The summed E-state index contributed by atoms with van der Waals surface area (Å²) in [5, 5.41) is 2.54. The molecule has 2 heteroatoms. The van der Waals surface area contributed by atoms with Gasteiger partial charge in [0.15, 0.2) is 0 Å². The fourth-order valence-electron chi connectivity index (χ4n) is 5.03. The molecule has 0 saturated carbocycles. The van der Waals surface area contributed by atoms with Gasteiger partial charge in [0.25, 0.3) is 0 Å². The molecule has 2 nitrogen and oxygen atoms in total. The molecule has 0 amide bonds. The van der Waals surface area contributed by atoms with Crippen molar-refractivity contribution < 1.29 is 9.47 Å². The van der Waals surface area contributed by atoms with Crippen molar-refractivity contribution in [1.29, 1.82) is 0 Å². The number of fused-ring (bicyclic) bond motifs is 8. The van der Waals surface area contributed by atoms with Crippen molar-refractivity contribution in [3.63, 3.8) is 0 Å². The molecule has 0 N–H and O–H groups in total. The number of hydrogen-bond donors (Lipinski definition) is 0. The smallest absolute Gasteiger partial charge is 0.131 e. The molecule has 0 radical (unpaired) electrons. The molecular formula is C26H20O2. The maximum absolute atomic E-state index is 6.11. The molecule has 1 aliphatic carbocycles. The summed E-state index contributed by atoms with van der Waals surface area (Å²) < 4.78 is 11.5. The van der Waals surface area contributed by atoms with Gasteiger partial charge in [-0.05, 0) is 45.3 Å². The largest absolute Gasteiger partial charge is 0.497 e. The van der Waals surface area contributed by atoms with Crippen LogP contribution >= 0.6 is 0 Å². The minimum atomic E-state index is 0.230. The Hall–Kier alpha value is -3.26. The SMILES string of the molecule is COc1ccc(C2c3ccccc3-c3c4c(c5ccccc5c32)OCC4)cc1. The Morgan fingerprint density at radius 3 is 2.43 bits per heavy atom. The van der Waals surface area contributed by atoms with Gasteiger partial charge in [-0.25, -0.2) is 0 Å². The van der Waals surface area contributed by atoms with E-state index in [9.17, 15) is 0 Å². The second kappa shape index (κ2) is 5.87. The van der Waals surface area contributed by atoms with Gasteiger partial charge in [0, 0.05) is 23.3 Å². The van der Waals surface area contributed by atoms with E-state index in [0.29, 0.717) is 0 Å². The molecule has 0 fully saturated rings. The third-order valence-corrected chi connectivity index (χ3v) is 6.18. The zero-order valence-corrected chi connectivity index (χ0v) is 15.7. The summed E-state index contributed by atoms with van der Waals surface area (Å²) in [5.41, 5.74) is 8.22. The maximum Gasteiger partial charge on any atom is 0.131 e. The van der Waals surface area contributed by atoms with Gasteiger partial charge in [0.2, 0.25) is 0 Å². The molecule has 1 atom stereocenters. The van der Waals surface area contributed by atoms with Gasteiger partial charge < -0.3 is 9.47 Å². The third-order valence-electron chi connectivity index (χ3n) is 6.18. The highest BCUT2D eigenvalue weighted by molar-refractivity contribution is 6.03. The summed E-state index contributed by atoms with van der Waals surface area (Å²) in [5.74, 6) is 2.20. The Bertz CT molecular complexity index is 1220. The van der Waals surface area contributed by atoms with E-state index in [1.165, 1.54) is 44.2 Å². The first kappa shape index (κ1) is 15.8. The van der Waals surface area contributed by atoms with Crippen molar-refractivity contribution in [3.05, 3.63) is 95.1 Å². The van der Waals surface area contributed by atoms with E-state index in [4.69, 9.17) is 9.47 Å². The lowest BCUT2D eigenvalue weighted by Crippen LogP contribution is -2.01. The van der Waals surface area contributed by atoms with Crippen molar-refractivity contribution in [3.8, 4) is 22.6 Å². The van der Waals surface area contributed by atoms with Crippen LogP contribution in [0.4, 0.5) is 0 Å². The second-order valence-electron chi connectivity index (χ2n) is 7.53. The van der Waals surface area contributed by atoms with Gasteiger partial charge in [-0.1, -0.05) is 60.7 Å². The predicted molar refractivity (Wildman–Crippen MR) is 113 cm³/mol. The monoisotopic (exact) mass is 364 g/mol. The number of benzene rings is 4. The average molecular weight is 364 g/mol. The lowest BCUT2D eigenvalue weighted by atomic mass is 9.85. The highest BCUT2D eigenvalue weighted by Crippen LogP contribution is 2.55. The minimum Gasteiger partial charge on any atom is -0.497 e. The average Bonchev–Trinajstić information content (AvgIpc) is 3.37. The van der Waals surface area contributed by atoms with Gasteiger partial charge in [-0.2, -0.15) is 0 Å². The fourth-order valence-corrected chi connectivity index (χ4v) is 5.03. The molecule has 0 saturated heterocycles. The van der Waals surface area contributed by atoms with Crippen LogP contribution in [0.5, 0.6) is 11.5 Å². The molecule has 1 unspecified atom stereocenters. The Balaban J connectivity index is 1.72. The normalized spacial score (nSPS) is 16.4. The van der Waals surface area contributed by atoms with E-state index in [2.05, 4.69) is 72.8 Å². The Labute approximate surface area is 164 Å². The standard InChI is InChI=1S/C26H20O2/c1-27-17-12-10-16(11-13-17)23-18-6-2-3-7-19(18)24-22-14-15-28-26(22)21-9-5-4-8-20(21)25(23)24/h2-13,23H,14-15H2,1H3. The topological polar surface area (TPSA) is 18.5 Å². The van der Waals surface area contributed by atoms with Crippen LogP contribution in [-0.4, -0.2) is 13.7 Å². The number of ether oxygens (including phenoxy) is 2. The molecule has 0 aromatic heterocycles. The summed E-state index contributed by atoms with van der Waals surface area (Å²) in [4.78, 5) is 0. The van der Waals surface area contributed by atoms with Crippen LogP contribution in [0.3, 0.4) is 0 Å². The first-order chi connectivity index (χ1) is 13.9. The van der Waals surface area contributed by atoms with Gasteiger partial charge in [-0.3, -0.25) is 0 Å². The van der Waals surface area contributed by atoms with Crippen molar-refractivity contribution in [1.82, 2.24) is 0 Å². The van der Waals surface area contributed by atoms with E-state index >= 15 is 0 Å². The van der Waals surface area contributed by atoms with Gasteiger partial charge >= 0.3 is 0 Å². The summed E-state index contributed by atoms with van der Waals surface area (Å²) in [6.07, 6.45) is 0.978. The van der Waals surface area contributed by atoms with Crippen LogP contribution in [0, 0.1) is 0 Å². The molecule has 28 heavy (non-hydrogen) atoms. The van der Waals surface area contributed by atoms with E-state index in [1.807, 2.05) is 0 Å². The number of rotatable bonds is 2. The van der Waals surface area contributed by atoms with Crippen molar-refractivity contribution in [2.45, 2.75) is 12.3 Å². The lowest BCUT2D eigenvalue weighted by molar-refractivity contribution is 0.360. The van der Waals surface area contributed by atoms with E-state index in [0.717, 1.165) is 24.5 Å². The van der Waals surface area contributed by atoms with Gasteiger partial charge in [0.1, 0.15) is 11.5 Å². The summed E-state index contributed by atoms with van der Waals surface area (Å²) >= 11 is 0. The Morgan fingerprint density at radius 1 is 0.857 bits per heavy atom. The molecule has 6 rings (SSSR count). The number of methoxy groups -OCH3 is 1. The highest BCUT2D eigenvalue weighted by atomic mass is 16.5. The Kier molecular flexibility index (Phi) is 3.30. The molecule has 1 aliphatic heterocycles. The first-order valence-corrected chi connectivity index (χ1v) is 9.80. The molecule has 4 aromatic carbocycles. The highest BCUT2D eigenvalue weighted by Gasteiger charge is 2.36. The molecule has 2 aliphatic rings. The summed E-state index contributed by atoms with van der Waals surface area (Å²) in [7, 11) is 1.71. The maximum atomic E-state index is 6.11. The zero-order valence-electron chi connectivity index (χ0n) is 15.7. The molecular weight excluding hydrogens is 344 g/mol. The summed E-state index contributed by atoms with van der Waals surface area (Å²) in [6, 6.07) is 26.1. The fraction of sp³-hybridized carbons (Fsp3) is 0.154. The molecule has 4 aromatic rings. The predicted octanol–water partition coefficient (Wildman–Crippen LogP) is 5.94. The van der Waals surface area contributed by atoms with Gasteiger partial charge in [0.05, 0.1) is 13.7 Å². The lowest BCUT2D eigenvalue weighted by Gasteiger charge is -2.18. The van der Waals surface area contributed by atoms with Crippen molar-refractivity contribution in [2.75, 3.05) is 13.7 Å². The van der Waals surface area contributed by atoms with Crippen LogP contribution in [0.2, 0.25) is 0 Å². The summed E-state index contributed by atoms with van der Waals surface area (Å²) in [6.45, 7) is 0.769. The van der Waals surface area contributed by atoms with E-state index < -0.39 is 0 Å². The van der Waals surface area contributed by atoms with Crippen LogP contribution in [-0.2, 0) is 6.42 Å². The molecule has 0 spiro atoms. The third kappa shape index (κ3) is 2.03. The minimum absolute atomic E-state index is 0.230. The van der Waals surface area contributed by atoms with Crippen LogP contribution in [0.25, 0.3) is 21.9 Å². The van der Waals surface area contributed by atoms with Gasteiger partial charge in [-0.15, -0.1) is 0 Å². The molecule has 136 valence electrons. The van der Waals surface area contributed by atoms with Crippen LogP contribution in [0.15, 0.2) is 72.8 Å².